The third kappa shape index (κ3) is 4.08. The van der Waals surface area contributed by atoms with E-state index in [1.54, 1.807) is 11.3 Å². The first-order valence-corrected chi connectivity index (χ1v) is 8.98. The Balaban J connectivity index is 1.78. The molecule has 1 aliphatic carbocycles. The van der Waals surface area contributed by atoms with Crippen LogP contribution in [0.3, 0.4) is 0 Å². The van der Waals surface area contributed by atoms with E-state index in [0.29, 0.717) is 13.1 Å². The average Bonchev–Trinajstić information content (AvgIpc) is 3.00. The van der Waals surface area contributed by atoms with E-state index < -0.39 is 0 Å². The summed E-state index contributed by atoms with van der Waals surface area (Å²) in [6.45, 7) is 3.34. The van der Waals surface area contributed by atoms with Gasteiger partial charge in [-0.15, -0.1) is 11.3 Å². The standard InChI is InChI=1S/C19H22N2OS/c1-15-18(23-14-20-15)13-21(12-16-8-4-2-5-9-16)19(22)17-10-6-3-7-11-17/h2-6,8-9,14,17H,7,10-13H2,1H3. The highest BCUT2D eigenvalue weighted by atomic mass is 32.1. The van der Waals surface area contributed by atoms with Gasteiger partial charge in [0.2, 0.25) is 5.91 Å². The van der Waals surface area contributed by atoms with Crippen LogP contribution in [0.25, 0.3) is 0 Å². The first-order valence-electron chi connectivity index (χ1n) is 8.10. The van der Waals surface area contributed by atoms with Gasteiger partial charge in [0.1, 0.15) is 0 Å². The van der Waals surface area contributed by atoms with Crippen molar-refractivity contribution in [3.05, 3.63) is 64.1 Å². The highest BCUT2D eigenvalue weighted by Crippen LogP contribution is 2.24. The summed E-state index contributed by atoms with van der Waals surface area (Å²) >= 11 is 1.63. The largest absolute Gasteiger partial charge is 0.333 e. The Labute approximate surface area is 141 Å². The molecule has 0 aliphatic heterocycles. The summed E-state index contributed by atoms with van der Waals surface area (Å²) in [5.41, 5.74) is 4.07. The summed E-state index contributed by atoms with van der Waals surface area (Å²) in [5.74, 6) is 0.392. The van der Waals surface area contributed by atoms with E-state index in [9.17, 15) is 4.79 Å². The van der Waals surface area contributed by atoms with Gasteiger partial charge in [0.05, 0.1) is 17.7 Å². The second-order valence-corrected chi connectivity index (χ2v) is 6.96. The Kier molecular flexibility index (Phi) is 5.23. The molecule has 0 fully saturated rings. The topological polar surface area (TPSA) is 33.2 Å². The van der Waals surface area contributed by atoms with Gasteiger partial charge in [-0.05, 0) is 31.7 Å². The third-order valence-electron chi connectivity index (χ3n) is 4.33. The maximum atomic E-state index is 13.0. The summed E-state index contributed by atoms with van der Waals surface area (Å²) in [4.78, 5) is 20.5. The normalized spacial score (nSPS) is 17.2. The second-order valence-electron chi connectivity index (χ2n) is 6.02. The van der Waals surface area contributed by atoms with Crippen molar-refractivity contribution in [1.29, 1.82) is 0 Å². The van der Waals surface area contributed by atoms with Crippen LogP contribution in [0.1, 0.15) is 35.4 Å². The Morgan fingerprint density at radius 1 is 1.26 bits per heavy atom. The fourth-order valence-electron chi connectivity index (χ4n) is 2.94. The summed E-state index contributed by atoms with van der Waals surface area (Å²) in [6.07, 6.45) is 7.16. The van der Waals surface area contributed by atoms with Crippen molar-refractivity contribution < 1.29 is 4.79 Å². The molecule has 1 atom stereocenters. The summed E-state index contributed by atoms with van der Waals surface area (Å²) in [5, 5.41) is 0. The number of thiazole rings is 1. The molecule has 0 saturated heterocycles. The molecule has 0 N–H and O–H groups in total. The van der Waals surface area contributed by atoms with Crippen molar-refractivity contribution in [2.24, 2.45) is 5.92 Å². The molecule has 1 unspecified atom stereocenters. The number of benzene rings is 1. The maximum absolute atomic E-state index is 13.0. The SMILES string of the molecule is Cc1ncsc1CN(Cc1ccccc1)C(=O)C1CC=CCC1. The predicted octanol–water partition coefficient (Wildman–Crippen LogP) is 4.34. The number of hydrogen-bond acceptors (Lipinski definition) is 3. The first-order chi connectivity index (χ1) is 11.2. The zero-order chi connectivity index (χ0) is 16.1. The lowest BCUT2D eigenvalue weighted by Gasteiger charge is -2.28. The maximum Gasteiger partial charge on any atom is 0.226 e. The summed E-state index contributed by atoms with van der Waals surface area (Å²) < 4.78 is 0. The smallest absolute Gasteiger partial charge is 0.226 e. The van der Waals surface area contributed by atoms with E-state index in [1.807, 2.05) is 35.5 Å². The molecule has 2 aromatic rings. The van der Waals surface area contributed by atoms with Gasteiger partial charge in [-0.1, -0.05) is 42.5 Å². The van der Waals surface area contributed by atoms with Crippen molar-refractivity contribution in [3.63, 3.8) is 0 Å². The summed E-state index contributed by atoms with van der Waals surface area (Å²) in [7, 11) is 0. The number of aryl methyl sites for hydroxylation is 1. The molecule has 1 amide bonds. The fourth-order valence-corrected chi connectivity index (χ4v) is 3.73. The highest BCUT2D eigenvalue weighted by Gasteiger charge is 2.25. The Morgan fingerprint density at radius 2 is 2.09 bits per heavy atom. The zero-order valence-electron chi connectivity index (χ0n) is 13.4. The van der Waals surface area contributed by atoms with Crippen LogP contribution in [-0.4, -0.2) is 15.8 Å². The molecule has 1 aliphatic rings. The Hall–Kier alpha value is -1.94. The van der Waals surface area contributed by atoms with E-state index in [4.69, 9.17) is 0 Å². The fraction of sp³-hybridized carbons (Fsp3) is 0.368. The molecule has 0 radical (unpaired) electrons. The van der Waals surface area contributed by atoms with Crippen LogP contribution in [0.2, 0.25) is 0 Å². The molecule has 0 saturated carbocycles. The molecule has 0 bridgehead atoms. The van der Waals surface area contributed by atoms with Crippen molar-refractivity contribution in [1.82, 2.24) is 9.88 Å². The number of hydrogen-bond donors (Lipinski definition) is 0. The van der Waals surface area contributed by atoms with Gasteiger partial charge in [-0.3, -0.25) is 4.79 Å². The molecule has 4 heteroatoms. The van der Waals surface area contributed by atoms with E-state index in [0.717, 1.165) is 25.0 Å². The number of carbonyl (C=O) groups excluding carboxylic acids is 1. The summed E-state index contributed by atoms with van der Waals surface area (Å²) in [6, 6.07) is 10.2. The minimum atomic E-state index is 0.122. The number of nitrogens with zero attached hydrogens (tertiary/aromatic N) is 2. The van der Waals surface area contributed by atoms with Gasteiger partial charge in [0.15, 0.2) is 0 Å². The first kappa shape index (κ1) is 15.9. The molecule has 3 nitrogen and oxygen atoms in total. The highest BCUT2D eigenvalue weighted by molar-refractivity contribution is 7.09. The Morgan fingerprint density at radius 3 is 2.74 bits per heavy atom. The second kappa shape index (κ2) is 7.55. The van der Waals surface area contributed by atoms with E-state index in [2.05, 4.69) is 29.3 Å². The number of rotatable bonds is 5. The number of aromatic nitrogens is 1. The van der Waals surface area contributed by atoms with Crippen molar-refractivity contribution >= 4 is 17.2 Å². The minimum Gasteiger partial charge on any atom is -0.333 e. The third-order valence-corrected chi connectivity index (χ3v) is 5.25. The van der Waals surface area contributed by atoms with Crippen molar-refractivity contribution in [2.45, 2.75) is 39.3 Å². The molecular weight excluding hydrogens is 304 g/mol. The van der Waals surface area contributed by atoms with Gasteiger partial charge < -0.3 is 4.90 Å². The molecule has 3 rings (SSSR count). The van der Waals surface area contributed by atoms with E-state index in [-0.39, 0.29) is 11.8 Å². The number of amides is 1. The van der Waals surface area contributed by atoms with Crippen LogP contribution in [-0.2, 0) is 17.9 Å². The molecule has 1 heterocycles. The lowest BCUT2D eigenvalue weighted by Crippen LogP contribution is -2.35. The van der Waals surface area contributed by atoms with Gasteiger partial charge in [0, 0.05) is 17.3 Å². The van der Waals surface area contributed by atoms with Crippen molar-refractivity contribution in [3.8, 4) is 0 Å². The Bertz CT molecular complexity index is 678. The average molecular weight is 326 g/mol. The lowest BCUT2D eigenvalue weighted by molar-refractivity contribution is -0.137. The molecule has 120 valence electrons. The van der Waals surface area contributed by atoms with Gasteiger partial charge in [-0.2, -0.15) is 0 Å². The van der Waals surface area contributed by atoms with Crippen LogP contribution >= 0.6 is 11.3 Å². The van der Waals surface area contributed by atoms with Gasteiger partial charge >= 0.3 is 0 Å². The van der Waals surface area contributed by atoms with E-state index >= 15 is 0 Å². The zero-order valence-corrected chi connectivity index (χ0v) is 14.3. The molecule has 1 aromatic heterocycles. The van der Waals surface area contributed by atoms with E-state index in [1.165, 1.54) is 10.4 Å². The van der Waals surface area contributed by atoms with Gasteiger partial charge in [-0.25, -0.2) is 4.98 Å². The molecule has 1 aromatic carbocycles. The van der Waals surface area contributed by atoms with Crippen LogP contribution in [0, 0.1) is 12.8 Å². The van der Waals surface area contributed by atoms with Crippen LogP contribution in [0.5, 0.6) is 0 Å². The van der Waals surface area contributed by atoms with Crippen LogP contribution in [0.15, 0.2) is 48.0 Å². The predicted molar refractivity (Wildman–Crippen MR) is 94.0 cm³/mol. The molecular formula is C19H22N2OS. The number of allylic oxidation sites excluding steroid dienone is 2. The quantitative estimate of drug-likeness (QED) is 0.766. The lowest BCUT2D eigenvalue weighted by atomic mass is 9.93. The minimum absolute atomic E-state index is 0.122. The molecule has 23 heavy (non-hydrogen) atoms. The van der Waals surface area contributed by atoms with Crippen LogP contribution < -0.4 is 0 Å². The van der Waals surface area contributed by atoms with Crippen molar-refractivity contribution in [2.75, 3.05) is 0 Å². The van der Waals surface area contributed by atoms with Gasteiger partial charge in [0.25, 0.3) is 0 Å². The number of carbonyl (C=O) groups is 1. The molecule has 0 spiro atoms. The monoisotopic (exact) mass is 326 g/mol. The van der Waals surface area contributed by atoms with Crippen LogP contribution in [0.4, 0.5) is 0 Å².